The molecule has 0 fully saturated rings. The number of aromatic amines is 1. The highest BCUT2D eigenvalue weighted by molar-refractivity contribution is 5.97. The number of hydrogen-bond donors (Lipinski definition) is 2. The molecular weight excluding hydrogens is 254 g/mol. The summed E-state index contributed by atoms with van der Waals surface area (Å²) in [4.78, 5) is 15.2. The number of hydrogen-bond acceptors (Lipinski definition) is 3. The Kier molecular flexibility index (Phi) is 3.02. The Morgan fingerprint density at radius 2 is 2.20 bits per heavy atom. The number of nitrogens with zero attached hydrogens (tertiary/aromatic N) is 1. The second kappa shape index (κ2) is 4.85. The van der Waals surface area contributed by atoms with Crippen LogP contribution < -0.4 is 5.32 Å². The highest BCUT2D eigenvalue weighted by atomic mass is 16.5. The average Bonchev–Trinajstić information content (AvgIpc) is 3.03. The van der Waals surface area contributed by atoms with Gasteiger partial charge in [0.25, 0.3) is 5.91 Å². The number of amides is 1. The highest BCUT2D eigenvalue weighted by Crippen LogP contribution is 2.15. The summed E-state index contributed by atoms with van der Waals surface area (Å²) in [6.07, 6.45) is 1.86. The fraction of sp³-hybridized carbons (Fsp3) is 0.200. The van der Waals surface area contributed by atoms with E-state index in [1.807, 2.05) is 44.3 Å². The second-order valence-corrected chi connectivity index (χ2v) is 4.77. The van der Waals surface area contributed by atoms with Gasteiger partial charge >= 0.3 is 0 Å². The van der Waals surface area contributed by atoms with E-state index in [0.717, 1.165) is 27.9 Å². The molecular formula is C15H15N3O2. The van der Waals surface area contributed by atoms with E-state index in [4.69, 9.17) is 4.52 Å². The van der Waals surface area contributed by atoms with Crippen molar-refractivity contribution in [2.75, 3.05) is 0 Å². The first-order chi connectivity index (χ1) is 9.65. The number of H-pyrrole nitrogens is 1. The number of nitrogens with one attached hydrogen (secondary N) is 2. The van der Waals surface area contributed by atoms with Gasteiger partial charge in [0.1, 0.15) is 5.76 Å². The molecule has 102 valence electrons. The van der Waals surface area contributed by atoms with Crippen molar-refractivity contribution in [1.82, 2.24) is 15.5 Å². The van der Waals surface area contributed by atoms with Crippen LogP contribution in [-0.4, -0.2) is 16.0 Å². The topological polar surface area (TPSA) is 70.9 Å². The molecule has 0 atom stereocenters. The zero-order chi connectivity index (χ0) is 14.1. The molecule has 0 aliphatic heterocycles. The van der Waals surface area contributed by atoms with Crippen molar-refractivity contribution in [1.29, 1.82) is 0 Å². The minimum Gasteiger partial charge on any atom is -0.361 e. The molecule has 2 N–H and O–H groups in total. The zero-order valence-electron chi connectivity index (χ0n) is 11.4. The predicted octanol–water partition coefficient (Wildman–Crippen LogP) is 2.70. The summed E-state index contributed by atoms with van der Waals surface area (Å²) in [5, 5.41) is 7.85. The molecule has 0 aliphatic rings. The molecule has 5 heteroatoms. The van der Waals surface area contributed by atoms with Crippen molar-refractivity contribution in [3.8, 4) is 0 Å². The number of aromatic nitrogens is 2. The third kappa shape index (κ3) is 2.18. The van der Waals surface area contributed by atoms with E-state index in [-0.39, 0.29) is 5.91 Å². The third-order valence-electron chi connectivity index (χ3n) is 3.42. The quantitative estimate of drug-likeness (QED) is 0.768. The molecule has 20 heavy (non-hydrogen) atoms. The van der Waals surface area contributed by atoms with Gasteiger partial charge in [-0.2, -0.15) is 0 Å². The van der Waals surface area contributed by atoms with Crippen LogP contribution in [0.4, 0.5) is 0 Å². The molecule has 3 rings (SSSR count). The Balaban J connectivity index is 1.76. The maximum Gasteiger partial charge on any atom is 0.251 e. The van der Waals surface area contributed by atoms with Gasteiger partial charge in [-0.15, -0.1) is 0 Å². The molecule has 0 saturated carbocycles. The third-order valence-corrected chi connectivity index (χ3v) is 3.42. The highest BCUT2D eigenvalue weighted by Gasteiger charge is 2.11. The fourth-order valence-corrected chi connectivity index (χ4v) is 2.21. The molecule has 0 radical (unpaired) electrons. The van der Waals surface area contributed by atoms with Crippen molar-refractivity contribution in [2.24, 2.45) is 0 Å². The lowest BCUT2D eigenvalue weighted by Gasteiger charge is -2.05. The summed E-state index contributed by atoms with van der Waals surface area (Å²) in [5.74, 6) is 0.629. The van der Waals surface area contributed by atoms with Crippen LogP contribution in [0, 0.1) is 13.8 Å². The van der Waals surface area contributed by atoms with E-state index in [2.05, 4.69) is 15.5 Å². The van der Waals surface area contributed by atoms with E-state index in [0.29, 0.717) is 12.1 Å². The van der Waals surface area contributed by atoms with Crippen LogP contribution in [0.3, 0.4) is 0 Å². The van der Waals surface area contributed by atoms with Gasteiger partial charge in [0.2, 0.25) is 0 Å². The van der Waals surface area contributed by atoms with Crippen LogP contribution in [0.2, 0.25) is 0 Å². The van der Waals surface area contributed by atoms with Gasteiger partial charge in [0, 0.05) is 29.4 Å². The van der Waals surface area contributed by atoms with E-state index < -0.39 is 0 Å². The first-order valence-electron chi connectivity index (χ1n) is 6.42. The number of fused-ring (bicyclic) bond motifs is 1. The Morgan fingerprint density at radius 1 is 1.35 bits per heavy atom. The molecule has 0 saturated heterocycles. The lowest BCUT2D eigenvalue weighted by atomic mass is 10.1. The zero-order valence-corrected chi connectivity index (χ0v) is 11.4. The summed E-state index contributed by atoms with van der Waals surface area (Å²) >= 11 is 0. The lowest BCUT2D eigenvalue weighted by molar-refractivity contribution is 0.0951. The Morgan fingerprint density at radius 3 is 2.95 bits per heavy atom. The molecule has 0 bridgehead atoms. The maximum atomic E-state index is 12.2. The molecule has 1 amide bonds. The SMILES string of the molecule is Cc1noc(C)c1CNC(=O)c1ccc2cc[nH]c2c1. The number of rotatable bonds is 3. The van der Waals surface area contributed by atoms with Crippen molar-refractivity contribution in [3.63, 3.8) is 0 Å². The van der Waals surface area contributed by atoms with Gasteiger partial charge in [-0.25, -0.2) is 0 Å². The molecule has 2 heterocycles. The average molecular weight is 269 g/mol. The smallest absolute Gasteiger partial charge is 0.251 e. The van der Waals surface area contributed by atoms with Crippen molar-refractivity contribution in [2.45, 2.75) is 20.4 Å². The van der Waals surface area contributed by atoms with Crippen LogP contribution >= 0.6 is 0 Å². The Hall–Kier alpha value is -2.56. The van der Waals surface area contributed by atoms with Crippen molar-refractivity contribution in [3.05, 3.63) is 53.0 Å². The van der Waals surface area contributed by atoms with Crippen LogP contribution in [0.15, 0.2) is 35.0 Å². The summed E-state index contributed by atoms with van der Waals surface area (Å²) in [6, 6.07) is 7.56. The van der Waals surface area contributed by atoms with E-state index in [9.17, 15) is 4.79 Å². The molecule has 3 aromatic rings. The molecule has 0 aliphatic carbocycles. The Bertz CT molecular complexity index is 751. The first kappa shape index (κ1) is 12.5. The van der Waals surface area contributed by atoms with Gasteiger partial charge in [0.15, 0.2) is 0 Å². The minimum atomic E-state index is -0.110. The fourth-order valence-electron chi connectivity index (χ4n) is 2.21. The maximum absolute atomic E-state index is 12.2. The largest absolute Gasteiger partial charge is 0.361 e. The summed E-state index contributed by atoms with van der Waals surface area (Å²) < 4.78 is 5.07. The molecule has 5 nitrogen and oxygen atoms in total. The van der Waals surface area contributed by atoms with Crippen LogP contribution in [0.1, 0.15) is 27.4 Å². The second-order valence-electron chi connectivity index (χ2n) is 4.77. The lowest BCUT2D eigenvalue weighted by Crippen LogP contribution is -2.23. The number of carbonyl (C=O) groups excluding carboxylic acids is 1. The van der Waals surface area contributed by atoms with Crippen molar-refractivity contribution >= 4 is 16.8 Å². The van der Waals surface area contributed by atoms with Crippen LogP contribution in [0.5, 0.6) is 0 Å². The summed E-state index contributed by atoms with van der Waals surface area (Å²) in [7, 11) is 0. The van der Waals surface area contributed by atoms with Crippen LogP contribution in [0.25, 0.3) is 10.9 Å². The van der Waals surface area contributed by atoms with Crippen LogP contribution in [-0.2, 0) is 6.54 Å². The number of carbonyl (C=O) groups is 1. The van der Waals surface area contributed by atoms with Gasteiger partial charge in [-0.3, -0.25) is 4.79 Å². The summed E-state index contributed by atoms with van der Waals surface area (Å²) in [6.45, 7) is 4.12. The predicted molar refractivity (Wildman–Crippen MR) is 75.4 cm³/mol. The van der Waals surface area contributed by atoms with Gasteiger partial charge in [-0.05, 0) is 37.4 Å². The normalized spacial score (nSPS) is 10.9. The Labute approximate surface area is 116 Å². The van der Waals surface area contributed by atoms with Gasteiger partial charge < -0.3 is 14.8 Å². The van der Waals surface area contributed by atoms with E-state index in [1.165, 1.54) is 0 Å². The monoisotopic (exact) mass is 269 g/mol. The number of aryl methyl sites for hydroxylation is 2. The van der Waals surface area contributed by atoms with E-state index in [1.54, 1.807) is 0 Å². The molecule has 1 aromatic carbocycles. The number of benzene rings is 1. The van der Waals surface area contributed by atoms with E-state index >= 15 is 0 Å². The molecule has 0 spiro atoms. The minimum absolute atomic E-state index is 0.110. The molecule has 0 unspecified atom stereocenters. The molecule has 2 aromatic heterocycles. The van der Waals surface area contributed by atoms with Gasteiger partial charge in [0.05, 0.1) is 5.69 Å². The van der Waals surface area contributed by atoms with Gasteiger partial charge in [-0.1, -0.05) is 11.2 Å². The summed E-state index contributed by atoms with van der Waals surface area (Å²) in [5.41, 5.74) is 3.32. The standard InChI is InChI=1S/C15H15N3O2/c1-9-13(10(2)20-18-9)8-17-15(19)12-4-3-11-5-6-16-14(11)7-12/h3-7,16H,8H2,1-2H3,(H,17,19). The van der Waals surface area contributed by atoms with Crippen molar-refractivity contribution < 1.29 is 9.32 Å². The first-order valence-corrected chi connectivity index (χ1v) is 6.42.